The Balaban J connectivity index is 1.78. The number of amides is 1. The first-order valence-corrected chi connectivity index (χ1v) is 9.62. The van der Waals surface area contributed by atoms with Gasteiger partial charge in [-0.2, -0.15) is 0 Å². The first kappa shape index (κ1) is 22.2. The number of halogens is 3. The molecule has 0 saturated carbocycles. The van der Waals surface area contributed by atoms with E-state index in [1.165, 1.54) is 42.5 Å². The van der Waals surface area contributed by atoms with Crippen molar-refractivity contribution in [2.75, 3.05) is 6.54 Å². The Morgan fingerprint density at radius 3 is 2.39 bits per heavy atom. The number of hydrogen-bond acceptors (Lipinski definition) is 3. The van der Waals surface area contributed by atoms with Crippen molar-refractivity contribution in [3.05, 3.63) is 100 Å². The van der Waals surface area contributed by atoms with Gasteiger partial charge < -0.3 is 14.7 Å². The normalized spacial score (nSPS) is 10.5. The maximum atomic E-state index is 14.2. The van der Waals surface area contributed by atoms with E-state index in [2.05, 4.69) is 0 Å². The summed E-state index contributed by atoms with van der Waals surface area (Å²) in [4.78, 5) is 25.2. The standard InChI is InChI=1S/C23H18ClF2NO4/c24-20-5-2-6-21(26)19(20)12-27(13-22(28)29)23(30)16-3-1-4-18(11-16)31-14-15-7-9-17(25)10-8-15/h1-11H,12-14H2,(H,28,29). The molecule has 0 saturated heterocycles. The predicted molar refractivity (Wildman–Crippen MR) is 111 cm³/mol. The SMILES string of the molecule is O=C(O)CN(Cc1c(F)cccc1Cl)C(=O)c1cccc(OCc2ccc(F)cc2)c1. The fourth-order valence-electron chi connectivity index (χ4n) is 2.89. The van der Waals surface area contributed by atoms with Gasteiger partial charge in [0.1, 0.15) is 30.5 Å². The molecule has 0 fully saturated rings. The highest BCUT2D eigenvalue weighted by atomic mass is 35.5. The van der Waals surface area contributed by atoms with Gasteiger partial charge in [0.2, 0.25) is 0 Å². The van der Waals surface area contributed by atoms with E-state index in [0.29, 0.717) is 5.75 Å². The van der Waals surface area contributed by atoms with Crippen LogP contribution in [0.5, 0.6) is 5.75 Å². The average Bonchev–Trinajstić information content (AvgIpc) is 2.74. The van der Waals surface area contributed by atoms with Crippen LogP contribution < -0.4 is 4.74 Å². The lowest BCUT2D eigenvalue weighted by Crippen LogP contribution is -2.35. The lowest BCUT2D eigenvalue weighted by molar-refractivity contribution is -0.137. The number of rotatable bonds is 8. The largest absolute Gasteiger partial charge is 0.489 e. The highest BCUT2D eigenvalue weighted by molar-refractivity contribution is 6.31. The minimum Gasteiger partial charge on any atom is -0.489 e. The second kappa shape index (κ2) is 10.0. The monoisotopic (exact) mass is 445 g/mol. The van der Waals surface area contributed by atoms with Crippen molar-refractivity contribution < 1.29 is 28.2 Å². The summed E-state index contributed by atoms with van der Waals surface area (Å²) in [5.41, 5.74) is 0.938. The molecular weight excluding hydrogens is 428 g/mol. The van der Waals surface area contributed by atoms with Crippen LogP contribution in [0, 0.1) is 11.6 Å². The Morgan fingerprint density at radius 1 is 1.00 bits per heavy atom. The number of carboxylic acids is 1. The topological polar surface area (TPSA) is 66.8 Å². The molecule has 0 spiro atoms. The van der Waals surface area contributed by atoms with Crippen LogP contribution in [0.2, 0.25) is 5.02 Å². The molecule has 3 rings (SSSR count). The summed E-state index contributed by atoms with van der Waals surface area (Å²) in [7, 11) is 0. The second-order valence-corrected chi connectivity index (χ2v) is 7.11. The predicted octanol–water partition coefficient (Wildman–Crippen LogP) is 4.92. The molecule has 160 valence electrons. The second-order valence-electron chi connectivity index (χ2n) is 6.70. The highest BCUT2D eigenvalue weighted by Crippen LogP contribution is 2.23. The number of carbonyl (C=O) groups is 2. The molecule has 0 unspecified atom stereocenters. The number of carbonyl (C=O) groups excluding carboxylic acids is 1. The Bertz CT molecular complexity index is 1070. The van der Waals surface area contributed by atoms with Crippen LogP contribution in [0.4, 0.5) is 8.78 Å². The van der Waals surface area contributed by atoms with E-state index in [4.69, 9.17) is 16.3 Å². The zero-order valence-corrected chi connectivity index (χ0v) is 17.0. The minimum atomic E-state index is -1.25. The van der Waals surface area contributed by atoms with Crippen molar-refractivity contribution in [2.45, 2.75) is 13.2 Å². The molecule has 0 aromatic heterocycles. The van der Waals surface area contributed by atoms with Gasteiger partial charge in [-0.25, -0.2) is 8.78 Å². The van der Waals surface area contributed by atoms with Crippen molar-refractivity contribution in [1.82, 2.24) is 4.90 Å². The van der Waals surface area contributed by atoms with Crippen LogP contribution in [-0.2, 0) is 17.9 Å². The molecule has 1 amide bonds. The molecule has 0 bridgehead atoms. The highest BCUT2D eigenvalue weighted by Gasteiger charge is 2.22. The fourth-order valence-corrected chi connectivity index (χ4v) is 3.11. The molecule has 0 aliphatic carbocycles. The van der Waals surface area contributed by atoms with Crippen LogP contribution in [0.3, 0.4) is 0 Å². The molecule has 3 aromatic rings. The molecule has 0 aliphatic rings. The summed E-state index contributed by atoms with van der Waals surface area (Å²) in [6.07, 6.45) is 0. The van der Waals surface area contributed by atoms with E-state index in [9.17, 15) is 23.5 Å². The Hall–Kier alpha value is -3.45. The lowest BCUT2D eigenvalue weighted by atomic mass is 10.1. The van der Waals surface area contributed by atoms with Crippen LogP contribution in [0.15, 0.2) is 66.7 Å². The van der Waals surface area contributed by atoms with Crippen molar-refractivity contribution in [2.24, 2.45) is 0 Å². The van der Waals surface area contributed by atoms with Gasteiger partial charge in [-0.3, -0.25) is 9.59 Å². The van der Waals surface area contributed by atoms with Crippen LogP contribution >= 0.6 is 11.6 Å². The first-order valence-electron chi connectivity index (χ1n) is 9.25. The Morgan fingerprint density at radius 2 is 1.71 bits per heavy atom. The van der Waals surface area contributed by atoms with Gasteiger partial charge in [-0.1, -0.05) is 35.9 Å². The van der Waals surface area contributed by atoms with Crippen molar-refractivity contribution in [3.63, 3.8) is 0 Å². The van der Waals surface area contributed by atoms with Gasteiger partial charge in [0.05, 0.1) is 6.54 Å². The number of benzene rings is 3. The Labute approximate surface area is 182 Å². The quantitative estimate of drug-likeness (QED) is 0.534. The number of nitrogens with zero attached hydrogens (tertiary/aromatic N) is 1. The molecule has 5 nitrogen and oxygen atoms in total. The van der Waals surface area contributed by atoms with Gasteiger partial charge >= 0.3 is 5.97 Å². The smallest absolute Gasteiger partial charge is 0.323 e. The van der Waals surface area contributed by atoms with E-state index >= 15 is 0 Å². The number of hydrogen-bond donors (Lipinski definition) is 1. The van der Waals surface area contributed by atoms with Gasteiger partial charge in [0.15, 0.2) is 0 Å². The molecule has 0 radical (unpaired) electrons. The minimum absolute atomic E-state index is 0.0301. The number of carboxylic acid groups (broad SMARTS) is 1. The van der Waals surface area contributed by atoms with Gasteiger partial charge in [0, 0.05) is 16.1 Å². The molecule has 8 heteroatoms. The number of aliphatic carboxylic acids is 1. The molecule has 0 heterocycles. The third kappa shape index (κ3) is 6.02. The number of ether oxygens (including phenoxy) is 1. The average molecular weight is 446 g/mol. The van der Waals surface area contributed by atoms with Gasteiger partial charge in [-0.05, 0) is 48.0 Å². The molecule has 0 atom stereocenters. The van der Waals surface area contributed by atoms with Gasteiger partial charge in [0.25, 0.3) is 5.91 Å². The summed E-state index contributed by atoms with van der Waals surface area (Å²) in [5.74, 6) is -2.48. The third-order valence-electron chi connectivity index (χ3n) is 4.42. The van der Waals surface area contributed by atoms with Crippen LogP contribution in [-0.4, -0.2) is 28.4 Å². The van der Waals surface area contributed by atoms with E-state index in [-0.39, 0.29) is 35.1 Å². The van der Waals surface area contributed by atoms with E-state index in [0.717, 1.165) is 10.5 Å². The van der Waals surface area contributed by atoms with Crippen LogP contribution in [0.25, 0.3) is 0 Å². The Kier molecular flexibility index (Phi) is 7.20. The third-order valence-corrected chi connectivity index (χ3v) is 4.78. The fraction of sp³-hybridized carbons (Fsp3) is 0.130. The van der Waals surface area contributed by atoms with Gasteiger partial charge in [-0.15, -0.1) is 0 Å². The summed E-state index contributed by atoms with van der Waals surface area (Å²) in [6.45, 7) is -0.789. The summed E-state index contributed by atoms with van der Waals surface area (Å²) < 4.78 is 32.8. The maximum Gasteiger partial charge on any atom is 0.323 e. The lowest BCUT2D eigenvalue weighted by Gasteiger charge is -2.22. The zero-order chi connectivity index (χ0) is 22.4. The zero-order valence-electron chi connectivity index (χ0n) is 16.2. The molecule has 0 aliphatic heterocycles. The molecule has 1 N–H and O–H groups in total. The van der Waals surface area contributed by atoms with Crippen molar-refractivity contribution in [1.29, 1.82) is 0 Å². The summed E-state index contributed by atoms with van der Waals surface area (Å²) >= 11 is 6.03. The van der Waals surface area contributed by atoms with E-state index in [1.54, 1.807) is 24.3 Å². The maximum absolute atomic E-state index is 14.2. The summed E-state index contributed by atoms with van der Waals surface area (Å²) in [6, 6.07) is 16.1. The van der Waals surface area contributed by atoms with Crippen LogP contribution in [0.1, 0.15) is 21.5 Å². The molecule has 3 aromatic carbocycles. The van der Waals surface area contributed by atoms with Crippen molar-refractivity contribution >= 4 is 23.5 Å². The molecular formula is C23H18ClF2NO4. The van der Waals surface area contributed by atoms with E-state index in [1.807, 2.05) is 0 Å². The first-order chi connectivity index (χ1) is 14.8. The summed E-state index contributed by atoms with van der Waals surface area (Å²) in [5, 5.41) is 9.31. The van der Waals surface area contributed by atoms with E-state index < -0.39 is 24.2 Å². The van der Waals surface area contributed by atoms with Crippen molar-refractivity contribution in [3.8, 4) is 5.75 Å². The molecule has 31 heavy (non-hydrogen) atoms.